The van der Waals surface area contributed by atoms with Gasteiger partial charge in [-0.05, 0) is 25.7 Å². The molecule has 0 bridgehead atoms. The molecule has 2 N–H and O–H groups in total. The van der Waals surface area contributed by atoms with Crippen molar-refractivity contribution in [3.63, 3.8) is 0 Å². The Hall–Kier alpha value is -0.870. The molecule has 0 aromatic carbocycles. The first-order valence-electron chi connectivity index (χ1n) is 8.87. The van der Waals surface area contributed by atoms with Crippen molar-refractivity contribution in [1.29, 1.82) is 0 Å². The largest absolute Gasteiger partial charge is 0.481 e. The van der Waals surface area contributed by atoms with Gasteiger partial charge in [-0.1, -0.05) is 57.6 Å². The molecule has 1 saturated heterocycles. The number of carboxylic acids is 1. The number of allylic oxidation sites excluding steroid dienone is 1. The normalized spacial score (nSPS) is 22.1. The number of hydrogen-bond donors (Lipinski definition) is 2. The summed E-state index contributed by atoms with van der Waals surface area (Å²) >= 11 is 0. The van der Waals surface area contributed by atoms with Crippen LogP contribution in [0.3, 0.4) is 0 Å². The van der Waals surface area contributed by atoms with Gasteiger partial charge in [-0.15, -0.1) is 0 Å². The Morgan fingerprint density at radius 3 is 2.59 bits per heavy atom. The van der Waals surface area contributed by atoms with E-state index in [-0.39, 0.29) is 18.6 Å². The van der Waals surface area contributed by atoms with Gasteiger partial charge in [-0.25, -0.2) is 0 Å². The van der Waals surface area contributed by atoms with Crippen LogP contribution in [0.5, 0.6) is 0 Å². The number of ether oxygens (including phenoxy) is 1. The first-order valence-corrected chi connectivity index (χ1v) is 8.87. The van der Waals surface area contributed by atoms with Crippen molar-refractivity contribution in [3.8, 4) is 0 Å². The second kappa shape index (κ2) is 11.7. The van der Waals surface area contributed by atoms with Crippen LogP contribution in [0.4, 0.5) is 0 Å². The molecule has 1 rings (SSSR count). The highest BCUT2D eigenvalue weighted by molar-refractivity contribution is 5.66. The first kappa shape index (κ1) is 19.2. The summed E-state index contributed by atoms with van der Waals surface area (Å²) < 4.78 is 5.52. The van der Waals surface area contributed by atoms with Crippen LogP contribution < -0.4 is 0 Å². The number of carboxylic acid groups (broad SMARTS) is 1. The average Bonchev–Trinajstić information content (AvgIpc) is 3.25. The molecule has 1 aliphatic heterocycles. The van der Waals surface area contributed by atoms with E-state index in [1.165, 1.54) is 19.3 Å². The summed E-state index contributed by atoms with van der Waals surface area (Å²) in [5.41, 5.74) is 0. The van der Waals surface area contributed by atoms with E-state index in [4.69, 9.17) is 9.84 Å². The van der Waals surface area contributed by atoms with Gasteiger partial charge in [0, 0.05) is 6.42 Å². The third kappa shape index (κ3) is 9.21. The monoisotopic (exact) mass is 312 g/mol. The minimum atomic E-state index is -0.702. The zero-order valence-corrected chi connectivity index (χ0v) is 13.9. The second-order valence-corrected chi connectivity index (χ2v) is 6.25. The van der Waals surface area contributed by atoms with Crippen molar-refractivity contribution >= 4 is 5.97 Å². The van der Waals surface area contributed by atoms with Crippen molar-refractivity contribution < 1.29 is 19.7 Å². The molecule has 0 aromatic heterocycles. The van der Waals surface area contributed by atoms with Crippen molar-refractivity contribution in [1.82, 2.24) is 0 Å². The van der Waals surface area contributed by atoms with Crippen LogP contribution in [-0.4, -0.2) is 34.5 Å². The van der Waals surface area contributed by atoms with Gasteiger partial charge in [0.2, 0.25) is 0 Å². The molecule has 1 fully saturated rings. The quantitative estimate of drug-likeness (QED) is 0.288. The SMILES string of the molecule is CCCCCC1OC1C(O)/C=C\CCCCCCCC(=O)O. The Balaban J connectivity index is 1.92. The van der Waals surface area contributed by atoms with Crippen LogP contribution >= 0.6 is 0 Å². The first-order chi connectivity index (χ1) is 10.6. The van der Waals surface area contributed by atoms with Crippen molar-refractivity contribution in [3.05, 3.63) is 12.2 Å². The van der Waals surface area contributed by atoms with Gasteiger partial charge in [0.15, 0.2) is 0 Å². The Kier molecular flexibility index (Phi) is 10.2. The van der Waals surface area contributed by atoms with Gasteiger partial charge in [0.25, 0.3) is 0 Å². The minimum absolute atomic E-state index is 0.0177. The van der Waals surface area contributed by atoms with Gasteiger partial charge in [0.1, 0.15) is 12.2 Å². The maximum atomic E-state index is 10.4. The highest BCUT2D eigenvalue weighted by atomic mass is 16.6. The molecule has 0 saturated carbocycles. The number of rotatable bonds is 14. The van der Waals surface area contributed by atoms with Crippen LogP contribution in [0.2, 0.25) is 0 Å². The number of aliphatic hydroxyl groups is 1. The van der Waals surface area contributed by atoms with Crippen LogP contribution in [0.25, 0.3) is 0 Å². The summed E-state index contributed by atoms with van der Waals surface area (Å²) in [6.45, 7) is 2.19. The molecule has 1 aliphatic rings. The molecule has 128 valence electrons. The molecule has 0 amide bonds. The molecule has 0 radical (unpaired) electrons. The van der Waals surface area contributed by atoms with Crippen LogP contribution in [-0.2, 0) is 9.53 Å². The summed E-state index contributed by atoms with van der Waals surface area (Å²) in [6, 6.07) is 0. The van der Waals surface area contributed by atoms with Crippen molar-refractivity contribution in [2.24, 2.45) is 0 Å². The fourth-order valence-electron chi connectivity index (χ4n) is 2.70. The smallest absolute Gasteiger partial charge is 0.303 e. The zero-order chi connectivity index (χ0) is 16.2. The summed E-state index contributed by atoms with van der Waals surface area (Å²) in [4.78, 5) is 10.4. The molecule has 1 heterocycles. The van der Waals surface area contributed by atoms with Crippen molar-refractivity contribution in [2.75, 3.05) is 0 Å². The van der Waals surface area contributed by atoms with E-state index >= 15 is 0 Å². The lowest BCUT2D eigenvalue weighted by atomic mass is 10.1. The van der Waals surface area contributed by atoms with Gasteiger partial charge in [-0.2, -0.15) is 0 Å². The molecule has 3 unspecified atom stereocenters. The van der Waals surface area contributed by atoms with E-state index < -0.39 is 12.1 Å². The summed E-state index contributed by atoms with van der Waals surface area (Å²) in [6.07, 6.45) is 14.8. The lowest BCUT2D eigenvalue weighted by Gasteiger charge is -2.01. The molecule has 4 nitrogen and oxygen atoms in total. The topological polar surface area (TPSA) is 70.1 Å². The lowest BCUT2D eigenvalue weighted by Crippen LogP contribution is -2.13. The highest BCUT2D eigenvalue weighted by Crippen LogP contribution is 2.30. The molecular formula is C18H32O4. The number of hydrogen-bond acceptors (Lipinski definition) is 3. The molecule has 22 heavy (non-hydrogen) atoms. The fourth-order valence-corrected chi connectivity index (χ4v) is 2.70. The van der Waals surface area contributed by atoms with Crippen molar-refractivity contribution in [2.45, 2.75) is 95.9 Å². The van der Waals surface area contributed by atoms with E-state index in [9.17, 15) is 9.90 Å². The molecule has 0 aliphatic carbocycles. The third-order valence-corrected chi connectivity index (χ3v) is 4.15. The van der Waals surface area contributed by atoms with Gasteiger partial charge in [-0.3, -0.25) is 4.79 Å². The maximum Gasteiger partial charge on any atom is 0.303 e. The fraction of sp³-hybridized carbons (Fsp3) is 0.833. The molecule has 0 aromatic rings. The van der Waals surface area contributed by atoms with Gasteiger partial charge < -0.3 is 14.9 Å². The standard InChI is InChI=1S/C18H32O4/c1-2-3-9-13-16-18(22-16)15(19)12-10-7-5-4-6-8-11-14-17(20)21/h10,12,15-16,18-19H,2-9,11,13-14H2,1H3,(H,20,21)/b12-10-. The Morgan fingerprint density at radius 2 is 1.86 bits per heavy atom. The van der Waals surface area contributed by atoms with Gasteiger partial charge in [0.05, 0.1) is 6.10 Å². The van der Waals surface area contributed by atoms with E-state index in [0.717, 1.165) is 44.9 Å². The lowest BCUT2D eigenvalue weighted by molar-refractivity contribution is -0.137. The molecular weight excluding hydrogens is 280 g/mol. The highest BCUT2D eigenvalue weighted by Gasteiger charge is 2.42. The number of epoxide rings is 1. The number of unbranched alkanes of at least 4 members (excludes halogenated alkanes) is 7. The third-order valence-electron chi connectivity index (χ3n) is 4.15. The van der Waals surface area contributed by atoms with Gasteiger partial charge >= 0.3 is 5.97 Å². The Labute approximate surface area is 134 Å². The predicted molar refractivity (Wildman–Crippen MR) is 87.9 cm³/mol. The maximum absolute atomic E-state index is 10.4. The summed E-state index contributed by atoms with van der Waals surface area (Å²) in [7, 11) is 0. The second-order valence-electron chi connectivity index (χ2n) is 6.25. The number of aliphatic carboxylic acids is 1. The van der Waals surface area contributed by atoms with E-state index in [1.54, 1.807) is 0 Å². The summed E-state index contributed by atoms with van der Waals surface area (Å²) in [5, 5.41) is 18.5. The Bertz CT molecular complexity index is 327. The van der Waals surface area contributed by atoms with Crippen LogP contribution in [0, 0.1) is 0 Å². The molecule has 3 atom stereocenters. The van der Waals surface area contributed by atoms with Crippen LogP contribution in [0.1, 0.15) is 77.6 Å². The van der Waals surface area contributed by atoms with E-state index in [0.29, 0.717) is 0 Å². The average molecular weight is 312 g/mol. The predicted octanol–water partition coefficient (Wildman–Crippen LogP) is 4.07. The Morgan fingerprint density at radius 1 is 1.14 bits per heavy atom. The number of carbonyl (C=O) groups is 1. The van der Waals surface area contributed by atoms with E-state index in [1.807, 2.05) is 12.2 Å². The number of aliphatic hydroxyl groups excluding tert-OH is 1. The van der Waals surface area contributed by atoms with E-state index in [2.05, 4.69) is 6.92 Å². The molecule has 4 heteroatoms. The summed E-state index contributed by atoms with van der Waals surface area (Å²) in [5.74, 6) is -0.702. The van der Waals surface area contributed by atoms with Crippen LogP contribution in [0.15, 0.2) is 12.2 Å². The molecule has 0 spiro atoms. The minimum Gasteiger partial charge on any atom is -0.481 e. The zero-order valence-electron chi connectivity index (χ0n) is 13.9.